The van der Waals surface area contributed by atoms with Crippen LogP contribution in [0, 0.1) is 0 Å². The maximum absolute atomic E-state index is 12.0. The molecular weight excluding hydrogens is 350 g/mol. The van der Waals surface area contributed by atoms with Gasteiger partial charge in [0, 0.05) is 38.6 Å². The van der Waals surface area contributed by atoms with Gasteiger partial charge in [0.1, 0.15) is 0 Å². The quantitative estimate of drug-likeness (QED) is 0.533. The van der Waals surface area contributed by atoms with Gasteiger partial charge in [0.05, 0.1) is 6.54 Å². The van der Waals surface area contributed by atoms with Crippen LogP contribution < -0.4 is 10.6 Å². The summed E-state index contributed by atoms with van der Waals surface area (Å²) in [6, 6.07) is 8.94. The fraction of sp³-hybridized carbons (Fsp3) is 0.636. The number of carbonyl (C=O) groups is 1. The van der Waals surface area contributed by atoms with Gasteiger partial charge in [-0.3, -0.25) is 9.69 Å². The number of nitrogens with zero attached hydrogens (tertiary/aromatic N) is 3. The van der Waals surface area contributed by atoms with Crippen LogP contribution in [0.25, 0.3) is 0 Å². The molecule has 2 fully saturated rings. The van der Waals surface area contributed by atoms with E-state index in [0.29, 0.717) is 25.6 Å². The molecule has 2 saturated heterocycles. The molecule has 2 heterocycles. The summed E-state index contributed by atoms with van der Waals surface area (Å²) in [5, 5.41) is 6.89. The number of likely N-dealkylation sites (tertiary alicyclic amines) is 2. The lowest BCUT2D eigenvalue weighted by Gasteiger charge is -2.24. The lowest BCUT2D eigenvalue weighted by atomic mass is 10.1. The lowest BCUT2D eigenvalue weighted by Crippen LogP contribution is -2.44. The third kappa shape index (κ3) is 5.47. The molecular formula is C22H35N5O. The maximum atomic E-state index is 12.0. The molecule has 154 valence electrons. The minimum Gasteiger partial charge on any atom is -0.357 e. The summed E-state index contributed by atoms with van der Waals surface area (Å²) in [7, 11) is 0. The molecule has 3 rings (SSSR count). The highest BCUT2D eigenvalue weighted by molar-refractivity contribution is 5.80. The molecule has 0 spiro atoms. The van der Waals surface area contributed by atoms with Crippen molar-refractivity contribution in [3.63, 3.8) is 0 Å². The Labute approximate surface area is 169 Å². The van der Waals surface area contributed by atoms with Gasteiger partial charge in [0.25, 0.3) is 0 Å². The second-order valence-corrected chi connectivity index (χ2v) is 7.69. The average Bonchev–Trinajstić information content (AvgIpc) is 3.33. The van der Waals surface area contributed by atoms with Crippen LogP contribution >= 0.6 is 0 Å². The standard InChI is InChI=1S/C22H35N5O/c1-3-23-22(25-16-20-11-7-13-26(20)4-2)24-15-18-9-5-6-10-19(18)17-27-14-8-12-21(27)28/h5-6,9-10,20H,3-4,7-8,11-17H2,1-2H3,(H2,23,24,25). The van der Waals surface area contributed by atoms with E-state index in [-0.39, 0.29) is 5.91 Å². The van der Waals surface area contributed by atoms with E-state index in [2.05, 4.69) is 47.6 Å². The van der Waals surface area contributed by atoms with Gasteiger partial charge in [-0.25, -0.2) is 4.99 Å². The Hall–Kier alpha value is -2.08. The van der Waals surface area contributed by atoms with Crippen molar-refractivity contribution < 1.29 is 4.79 Å². The van der Waals surface area contributed by atoms with Crippen LogP contribution in [0.5, 0.6) is 0 Å². The number of guanidine groups is 1. The summed E-state index contributed by atoms with van der Waals surface area (Å²) in [4.78, 5) is 21.3. The first-order chi connectivity index (χ1) is 13.7. The Balaban J connectivity index is 1.61. The maximum Gasteiger partial charge on any atom is 0.222 e. The summed E-state index contributed by atoms with van der Waals surface area (Å²) in [5.41, 5.74) is 2.39. The molecule has 0 saturated carbocycles. The van der Waals surface area contributed by atoms with Gasteiger partial charge >= 0.3 is 0 Å². The highest BCUT2D eigenvalue weighted by atomic mass is 16.2. The Morgan fingerprint density at radius 3 is 2.68 bits per heavy atom. The van der Waals surface area contributed by atoms with E-state index in [1.54, 1.807) is 0 Å². The smallest absolute Gasteiger partial charge is 0.222 e. The van der Waals surface area contributed by atoms with Gasteiger partial charge < -0.3 is 15.5 Å². The summed E-state index contributed by atoms with van der Waals surface area (Å²) in [6.45, 7) is 10.6. The molecule has 2 aliphatic rings. The summed E-state index contributed by atoms with van der Waals surface area (Å²) in [5.74, 6) is 1.14. The monoisotopic (exact) mass is 385 g/mol. The van der Waals surface area contributed by atoms with Crippen LogP contribution in [-0.4, -0.2) is 60.4 Å². The molecule has 6 heteroatoms. The van der Waals surface area contributed by atoms with Gasteiger partial charge in [0.2, 0.25) is 5.91 Å². The van der Waals surface area contributed by atoms with E-state index < -0.39 is 0 Å². The summed E-state index contributed by atoms with van der Waals surface area (Å²) >= 11 is 0. The third-order valence-electron chi connectivity index (χ3n) is 5.81. The van der Waals surface area contributed by atoms with Crippen molar-refractivity contribution in [3.8, 4) is 0 Å². The van der Waals surface area contributed by atoms with Crippen molar-refractivity contribution in [1.29, 1.82) is 0 Å². The largest absolute Gasteiger partial charge is 0.357 e. The van der Waals surface area contributed by atoms with Gasteiger partial charge in [-0.05, 0) is 50.4 Å². The molecule has 1 amide bonds. The van der Waals surface area contributed by atoms with Crippen molar-refractivity contribution in [3.05, 3.63) is 35.4 Å². The van der Waals surface area contributed by atoms with Crippen LogP contribution in [0.3, 0.4) is 0 Å². The third-order valence-corrected chi connectivity index (χ3v) is 5.81. The van der Waals surface area contributed by atoms with Crippen molar-refractivity contribution >= 4 is 11.9 Å². The van der Waals surface area contributed by atoms with E-state index in [0.717, 1.165) is 38.6 Å². The molecule has 6 nitrogen and oxygen atoms in total. The van der Waals surface area contributed by atoms with Crippen molar-refractivity contribution in [1.82, 2.24) is 20.4 Å². The Morgan fingerprint density at radius 1 is 1.14 bits per heavy atom. The lowest BCUT2D eigenvalue weighted by molar-refractivity contribution is -0.128. The zero-order chi connectivity index (χ0) is 19.8. The number of benzene rings is 1. The second-order valence-electron chi connectivity index (χ2n) is 7.69. The van der Waals surface area contributed by atoms with Gasteiger partial charge in [-0.1, -0.05) is 31.2 Å². The van der Waals surface area contributed by atoms with E-state index in [4.69, 9.17) is 4.99 Å². The Bertz CT molecular complexity index is 675. The molecule has 0 aromatic heterocycles. The zero-order valence-corrected chi connectivity index (χ0v) is 17.4. The molecule has 0 radical (unpaired) electrons. The van der Waals surface area contributed by atoms with Crippen molar-refractivity contribution in [2.75, 3.05) is 32.7 Å². The van der Waals surface area contributed by atoms with Crippen molar-refractivity contribution in [2.24, 2.45) is 4.99 Å². The zero-order valence-electron chi connectivity index (χ0n) is 17.4. The highest BCUT2D eigenvalue weighted by Crippen LogP contribution is 2.18. The van der Waals surface area contributed by atoms with Crippen LogP contribution in [0.2, 0.25) is 0 Å². The first-order valence-corrected chi connectivity index (χ1v) is 10.8. The van der Waals surface area contributed by atoms with E-state index in [1.165, 1.54) is 30.5 Å². The predicted octanol–water partition coefficient (Wildman–Crippen LogP) is 2.35. The molecule has 1 aromatic carbocycles. The molecule has 28 heavy (non-hydrogen) atoms. The molecule has 2 aliphatic heterocycles. The van der Waals surface area contributed by atoms with Crippen LogP contribution in [0.15, 0.2) is 29.3 Å². The predicted molar refractivity (Wildman–Crippen MR) is 114 cm³/mol. The normalized spacial score (nSPS) is 20.8. The molecule has 0 bridgehead atoms. The number of hydrogen-bond acceptors (Lipinski definition) is 3. The molecule has 1 atom stereocenters. The average molecular weight is 386 g/mol. The van der Waals surface area contributed by atoms with E-state index >= 15 is 0 Å². The van der Waals surface area contributed by atoms with E-state index in [9.17, 15) is 4.79 Å². The summed E-state index contributed by atoms with van der Waals surface area (Å²) in [6.07, 6.45) is 4.21. The van der Waals surface area contributed by atoms with E-state index in [1.807, 2.05) is 11.0 Å². The minimum absolute atomic E-state index is 0.269. The SMILES string of the molecule is CCNC(=NCc1ccccc1CN1CCCC1=O)NCC1CCCN1CC. The number of nitrogens with one attached hydrogen (secondary N) is 2. The highest BCUT2D eigenvalue weighted by Gasteiger charge is 2.23. The van der Waals surface area contributed by atoms with Crippen molar-refractivity contribution in [2.45, 2.75) is 58.7 Å². The number of rotatable bonds is 8. The summed E-state index contributed by atoms with van der Waals surface area (Å²) < 4.78 is 0. The number of amides is 1. The number of aliphatic imine (C=N–C) groups is 1. The second kappa shape index (κ2) is 10.5. The Morgan fingerprint density at radius 2 is 1.96 bits per heavy atom. The molecule has 0 aliphatic carbocycles. The fourth-order valence-electron chi connectivity index (χ4n) is 4.21. The number of hydrogen-bond donors (Lipinski definition) is 2. The Kier molecular flexibility index (Phi) is 7.71. The van der Waals surface area contributed by atoms with Crippen LogP contribution in [0.1, 0.15) is 50.7 Å². The van der Waals surface area contributed by atoms with Gasteiger partial charge in [-0.2, -0.15) is 0 Å². The molecule has 2 N–H and O–H groups in total. The minimum atomic E-state index is 0.269. The topological polar surface area (TPSA) is 60.0 Å². The van der Waals surface area contributed by atoms with Crippen LogP contribution in [0.4, 0.5) is 0 Å². The van der Waals surface area contributed by atoms with Gasteiger partial charge in [-0.15, -0.1) is 0 Å². The van der Waals surface area contributed by atoms with Gasteiger partial charge in [0.15, 0.2) is 5.96 Å². The first kappa shape index (κ1) is 20.6. The fourth-order valence-corrected chi connectivity index (χ4v) is 4.21. The van der Waals surface area contributed by atoms with Crippen LogP contribution in [-0.2, 0) is 17.9 Å². The first-order valence-electron chi connectivity index (χ1n) is 10.8. The number of likely N-dealkylation sites (N-methyl/N-ethyl adjacent to an activating group) is 1. The molecule has 1 unspecified atom stereocenters. The number of carbonyl (C=O) groups excluding carboxylic acids is 1. The molecule has 1 aromatic rings.